The van der Waals surface area contributed by atoms with Crippen LogP contribution in [0.4, 0.5) is 15.3 Å². The number of rotatable bonds is 9. The van der Waals surface area contributed by atoms with Gasteiger partial charge in [-0.3, -0.25) is 19.3 Å². The van der Waals surface area contributed by atoms with Crippen LogP contribution in [-0.2, 0) is 24.5 Å². The minimum absolute atomic E-state index is 0.00400. The van der Waals surface area contributed by atoms with Crippen molar-refractivity contribution in [1.29, 1.82) is 0 Å². The number of nitrogens with one attached hydrogen (secondary N) is 3. The molecule has 2 saturated heterocycles. The highest BCUT2D eigenvalue weighted by molar-refractivity contribution is 6.24. The van der Waals surface area contributed by atoms with Crippen molar-refractivity contribution in [2.45, 2.75) is 42.6 Å². The molecule has 6 amide bonds. The molecule has 0 aromatic heterocycles. The molecule has 2 fully saturated rings. The largest absolute Gasteiger partial charge is 0.508 e. The van der Waals surface area contributed by atoms with Gasteiger partial charge in [0.15, 0.2) is 0 Å². The summed E-state index contributed by atoms with van der Waals surface area (Å²) < 4.78 is 6.46. The van der Waals surface area contributed by atoms with Gasteiger partial charge >= 0.3 is 18.0 Å². The normalized spacial score (nSPS) is 22.9. The van der Waals surface area contributed by atoms with Crippen LogP contribution in [0, 0.1) is 17.8 Å². The first-order valence-electron chi connectivity index (χ1n) is 20.2. The van der Waals surface area contributed by atoms with Crippen molar-refractivity contribution in [3.63, 3.8) is 0 Å². The minimum Gasteiger partial charge on any atom is -0.508 e. The molecular formula is C49H44N6O7. The molecule has 3 aliphatic rings. The number of phenols is 1. The van der Waals surface area contributed by atoms with Crippen molar-refractivity contribution < 1.29 is 33.8 Å². The van der Waals surface area contributed by atoms with Crippen LogP contribution in [-0.4, -0.2) is 59.0 Å². The van der Waals surface area contributed by atoms with Crippen LogP contribution in [0.1, 0.15) is 64.5 Å². The summed E-state index contributed by atoms with van der Waals surface area (Å²) >= 11 is 0. The van der Waals surface area contributed by atoms with E-state index in [9.17, 15) is 14.7 Å². The molecule has 7 atom stereocenters. The molecule has 0 saturated carbocycles. The van der Waals surface area contributed by atoms with E-state index in [0.717, 1.165) is 16.0 Å². The SMILES string of the molecule is C=CCNC(=O)C1C2C(=O)OC(c3ccccc3)C(c3ccccc3)N2C(c2ccc(O)cc2)C12C(=O)N(C(=O)NC(C)c1ccccc1)c1ccc(C#CCNC(N)=O)cc12. The van der Waals surface area contributed by atoms with Crippen LogP contribution in [0.2, 0.25) is 0 Å². The van der Waals surface area contributed by atoms with E-state index in [-0.39, 0.29) is 30.1 Å². The van der Waals surface area contributed by atoms with E-state index in [1.807, 2.05) is 95.9 Å². The maximum Gasteiger partial charge on any atom is 0.329 e. The van der Waals surface area contributed by atoms with Crippen molar-refractivity contribution in [1.82, 2.24) is 20.9 Å². The fourth-order valence-electron chi connectivity index (χ4n) is 9.28. The van der Waals surface area contributed by atoms with Gasteiger partial charge in [-0.05, 0) is 65.1 Å². The van der Waals surface area contributed by atoms with E-state index in [1.54, 1.807) is 37.3 Å². The number of nitrogens with zero attached hydrogens (tertiary/aromatic N) is 2. The first-order chi connectivity index (χ1) is 30.1. The third-order valence-corrected chi connectivity index (χ3v) is 11.8. The molecule has 3 heterocycles. The van der Waals surface area contributed by atoms with E-state index >= 15 is 14.4 Å². The topological polar surface area (TPSA) is 183 Å². The van der Waals surface area contributed by atoms with E-state index in [0.29, 0.717) is 16.7 Å². The third kappa shape index (κ3) is 7.20. The highest BCUT2D eigenvalue weighted by Gasteiger charge is 2.75. The molecule has 5 aromatic carbocycles. The van der Waals surface area contributed by atoms with Gasteiger partial charge in [0.25, 0.3) is 0 Å². The lowest BCUT2D eigenvalue weighted by molar-refractivity contribution is -0.178. The number of amides is 6. The van der Waals surface area contributed by atoms with Crippen molar-refractivity contribution >= 4 is 35.5 Å². The Labute approximate surface area is 358 Å². The number of imide groups is 1. The summed E-state index contributed by atoms with van der Waals surface area (Å²) in [6.07, 6.45) is 0.584. The zero-order chi connectivity index (χ0) is 43.5. The summed E-state index contributed by atoms with van der Waals surface area (Å²) in [6.45, 7) is 5.52. The van der Waals surface area contributed by atoms with Gasteiger partial charge in [0, 0.05) is 12.1 Å². The quantitative estimate of drug-likeness (QED) is 0.0697. The highest BCUT2D eigenvalue weighted by atomic mass is 16.6. The number of carbonyl (C=O) groups is 5. The van der Waals surface area contributed by atoms with Crippen LogP contribution in [0.5, 0.6) is 5.75 Å². The average Bonchev–Trinajstić information content (AvgIpc) is 3.74. The minimum atomic E-state index is -2.02. The molecule has 62 heavy (non-hydrogen) atoms. The monoisotopic (exact) mass is 828 g/mol. The Hall–Kier alpha value is -7.69. The number of cyclic esters (lactones) is 1. The molecule has 8 rings (SSSR count). The Bertz CT molecular complexity index is 2600. The van der Waals surface area contributed by atoms with Crippen molar-refractivity contribution in [3.05, 3.63) is 179 Å². The maximum atomic E-state index is 16.2. The number of ether oxygens (including phenoxy) is 1. The molecule has 0 aliphatic carbocycles. The second-order valence-electron chi connectivity index (χ2n) is 15.4. The third-order valence-electron chi connectivity index (χ3n) is 11.8. The standard InChI is InChI=1S/C49H44N6O7/c1-3-27-51-44(57)39-41-45(58)62-42(34-19-11-6-12-20-34)40(33-17-9-5-10-18-33)55(41)43(35-22-24-36(56)25-23-35)49(39)37-29-31(14-13-28-52-47(50)60)21-26-38(37)54(46(49)59)48(61)53-30(2)32-15-7-4-8-16-32/h3-12,15-26,29-30,39-43,56H,1,27-28H2,2H3,(H,51,57)(H,53,61)(H3,50,52,60). The zero-order valence-corrected chi connectivity index (χ0v) is 33.7. The Morgan fingerprint density at radius 2 is 1.50 bits per heavy atom. The van der Waals surface area contributed by atoms with Gasteiger partial charge < -0.3 is 31.5 Å². The highest BCUT2D eigenvalue weighted by Crippen LogP contribution is 2.66. The molecule has 3 aliphatic heterocycles. The number of nitrogens with two attached hydrogens (primary N) is 1. The molecule has 13 nitrogen and oxygen atoms in total. The number of hydrogen-bond donors (Lipinski definition) is 5. The molecule has 5 aromatic rings. The number of fused-ring (bicyclic) bond motifs is 3. The van der Waals surface area contributed by atoms with Gasteiger partial charge in [-0.1, -0.05) is 121 Å². The lowest BCUT2D eigenvalue weighted by atomic mass is 9.65. The smallest absolute Gasteiger partial charge is 0.329 e. The Kier molecular flexibility index (Phi) is 11.3. The number of phenolic OH excluding ortho intramolecular Hbond substituents is 1. The number of esters is 1. The van der Waals surface area contributed by atoms with Gasteiger partial charge in [-0.25, -0.2) is 14.5 Å². The van der Waals surface area contributed by atoms with Crippen molar-refractivity contribution in [2.24, 2.45) is 11.7 Å². The Morgan fingerprint density at radius 3 is 2.15 bits per heavy atom. The molecule has 0 bridgehead atoms. The number of carbonyl (C=O) groups excluding carboxylic acids is 5. The number of morpholine rings is 1. The predicted octanol–water partition coefficient (Wildman–Crippen LogP) is 5.85. The molecular weight excluding hydrogens is 785 g/mol. The van der Waals surface area contributed by atoms with Gasteiger partial charge in [-0.2, -0.15) is 0 Å². The first-order valence-corrected chi connectivity index (χ1v) is 20.2. The van der Waals surface area contributed by atoms with E-state index < -0.39 is 71.5 Å². The van der Waals surface area contributed by atoms with Crippen LogP contribution < -0.4 is 26.6 Å². The number of aromatic hydroxyl groups is 1. The van der Waals surface area contributed by atoms with Gasteiger partial charge in [-0.15, -0.1) is 6.58 Å². The second-order valence-corrected chi connectivity index (χ2v) is 15.4. The number of primary amides is 1. The molecule has 1 spiro atoms. The van der Waals surface area contributed by atoms with Crippen LogP contribution >= 0.6 is 0 Å². The average molecular weight is 829 g/mol. The van der Waals surface area contributed by atoms with E-state index in [1.165, 1.54) is 18.2 Å². The number of urea groups is 2. The zero-order valence-electron chi connectivity index (χ0n) is 33.7. The fourth-order valence-corrected chi connectivity index (χ4v) is 9.28. The van der Waals surface area contributed by atoms with Gasteiger partial charge in [0.05, 0.1) is 36.3 Å². The lowest BCUT2D eigenvalue weighted by Crippen LogP contribution is -2.56. The first kappa shape index (κ1) is 41.1. The molecule has 13 heteroatoms. The van der Waals surface area contributed by atoms with Gasteiger partial charge in [0.1, 0.15) is 23.3 Å². The number of hydrogen-bond acceptors (Lipinski definition) is 8. The Balaban J connectivity index is 1.42. The summed E-state index contributed by atoms with van der Waals surface area (Å²) in [7, 11) is 0. The second kappa shape index (κ2) is 17.1. The predicted molar refractivity (Wildman–Crippen MR) is 231 cm³/mol. The van der Waals surface area contributed by atoms with Gasteiger partial charge in [0.2, 0.25) is 11.8 Å². The molecule has 6 N–H and O–H groups in total. The molecule has 0 radical (unpaired) electrons. The van der Waals surface area contributed by atoms with Crippen molar-refractivity contribution in [3.8, 4) is 17.6 Å². The molecule has 312 valence electrons. The lowest BCUT2D eigenvalue weighted by Gasteiger charge is -2.46. The Morgan fingerprint density at radius 1 is 0.855 bits per heavy atom. The summed E-state index contributed by atoms with van der Waals surface area (Å²) in [6, 6.07) is 33.8. The molecule has 7 unspecified atom stereocenters. The summed E-state index contributed by atoms with van der Waals surface area (Å²) in [5.41, 5.74) is 6.80. The van der Waals surface area contributed by atoms with Crippen LogP contribution in [0.3, 0.4) is 0 Å². The summed E-state index contributed by atoms with van der Waals surface area (Å²) in [4.78, 5) is 75.6. The van der Waals surface area contributed by atoms with E-state index in [2.05, 4.69) is 34.4 Å². The van der Waals surface area contributed by atoms with E-state index in [4.69, 9.17) is 10.5 Å². The van der Waals surface area contributed by atoms with Crippen molar-refractivity contribution in [2.75, 3.05) is 18.0 Å². The summed E-state index contributed by atoms with van der Waals surface area (Å²) in [5, 5.41) is 18.9. The number of anilines is 1. The maximum absolute atomic E-state index is 16.2. The van der Waals surface area contributed by atoms with Crippen LogP contribution in [0.15, 0.2) is 146 Å². The fraction of sp³-hybridized carbons (Fsp3) is 0.204. The summed E-state index contributed by atoms with van der Waals surface area (Å²) in [5.74, 6) is 2.19. The van der Waals surface area contributed by atoms with Crippen LogP contribution in [0.25, 0.3) is 0 Å². The number of benzene rings is 5.